The van der Waals surface area contributed by atoms with E-state index in [-0.39, 0.29) is 17.3 Å². The third kappa shape index (κ3) is 5.42. The molecule has 0 radical (unpaired) electrons. The second-order valence-electron chi connectivity index (χ2n) is 3.33. The van der Waals surface area contributed by atoms with E-state index in [0.717, 1.165) is 6.54 Å². The number of sulfonamides is 1. The Bertz CT molecular complexity index is 483. The van der Waals surface area contributed by atoms with Crippen molar-refractivity contribution in [2.45, 2.75) is 11.8 Å². The fraction of sp³-hybridized carbons (Fsp3) is 0.400. The van der Waals surface area contributed by atoms with Crippen molar-refractivity contribution < 1.29 is 8.42 Å². The van der Waals surface area contributed by atoms with Crippen molar-refractivity contribution in [1.29, 1.82) is 0 Å². The minimum absolute atomic E-state index is 0. The summed E-state index contributed by atoms with van der Waals surface area (Å²) in [6.45, 7) is 3.72. The monoisotopic (exact) mass is 376 g/mol. The third-order valence-electron chi connectivity index (χ3n) is 2.05. The van der Waals surface area contributed by atoms with Crippen LogP contribution < -0.4 is 10.0 Å². The van der Waals surface area contributed by atoms with Crippen LogP contribution in [0.2, 0.25) is 5.02 Å². The SMILES string of the molecule is CCNCCNS(=O)(=O)c1ccc(Br)c(Cl)c1.Cl. The van der Waals surface area contributed by atoms with E-state index >= 15 is 0 Å². The van der Waals surface area contributed by atoms with Gasteiger partial charge in [0, 0.05) is 17.6 Å². The van der Waals surface area contributed by atoms with E-state index in [0.29, 0.717) is 22.6 Å². The molecule has 18 heavy (non-hydrogen) atoms. The van der Waals surface area contributed by atoms with Gasteiger partial charge in [-0.15, -0.1) is 12.4 Å². The van der Waals surface area contributed by atoms with Crippen LogP contribution in [0.5, 0.6) is 0 Å². The third-order valence-corrected chi connectivity index (χ3v) is 4.74. The predicted octanol–water partition coefficient (Wildman–Crippen LogP) is 2.41. The maximum Gasteiger partial charge on any atom is 0.240 e. The first kappa shape index (κ1) is 18.1. The van der Waals surface area contributed by atoms with E-state index in [1.54, 1.807) is 6.07 Å². The Balaban J connectivity index is 0.00000289. The lowest BCUT2D eigenvalue weighted by Crippen LogP contribution is -2.31. The Hall–Kier alpha value is 0.150. The number of hydrogen-bond acceptors (Lipinski definition) is 3. The normalized spacial score (nSPS) is 11.1. The molecule has 104 valence electrons. The summed E-state index contributed by atoms with van der Waals surface area (Å²) >= 11 is 9.06. The molecule has 0 spiro atoms. The number of nitrogens with one attached hydrogen (secondary N) is 2. The molecule has 1 aromatic carbocycles. The van der Waals surface area contributed by atoms with Crippen LogP contribution >= 0.6 is 39.9 Å². The molecule has 0 saturated heterocycles. The summed E-state index contributed by atoms with van der Waals surface area (Å²) in [6, 6.07) is 4.54. The van der Waals surface area contributed by atoms with Gasteiger partial charge in [-0.05, 0) is 40.7 Å². The highest BCUT2D eigenvalue weighted by Gasteiger charge is 2.14. The minimum Gasteiger partial charge on any atom is -0.316 e. The quantitative estimate of drug-likeness (QED) is 0.748. The molecule has 0 atom stereocenters. The Labute approximate surface area is 127 Å². The Morgan fingerprint density at radius 3 is 2.56 bits per heavy atom. The average molecular weight is 378 g/mol. The molecule has 2 N–H and O–H groups in total. The highest BCUT2D eigenvalue weighted by atomic mass is 79.9. The molecule has 4 nitrogen and oxygen atoms in total. The summed E-state index contributed by atoms with van der Waals surface area (Å²) < 4.78 is 26.9. The fourth-order valence-corrected chi connectivity index (χ4v) is 2.73. The van der Waals surface area contributed by atoms with Gasteiger partial charge in [0.2, 0.25) is 10.0 Å². The number of likely N-dealkylation sites (N-methyl/N-ethyl adjacent to an activating group) is 1. The molecule has 0 aliphatic rings. The summed E-state index contributed by atoms with van der Waals surface area (Å²) in [5.41, 5.74) is 0. The number of rotatable bonds is 6. The van der Waals surface area contributed by atoms with Crippen LogP contribution in [-0.2, 0) is 10.0 Å². The van der Waals surface area contributed by atoms with E-state index in [1.807, 2.05) is 6.92 Å². The lowest BCUT2D eigenvalue weighted by atomic mass is 10.4. The summed E-state index contributed by atoms with van der Waals surface area (Å²) in [5, 5.41) is 3.41. The molecule has 0 amide bonds. The molecule has 0 heterocycles. The second-order valence-corrected chi connectivity index (χ2v) is 6.36. The smallest absolute Gasteiger partial charge is 0.240 e. The van der Waals surface area contributed by atoms with Crippen LogP contribution in [0.15, 0.2) is 27.6 Å². The Kier molecular flexibility index (Phi) is 8.42. The first-order valence-electron chi connectivity index (χ1n) is 5.13. The van der Waals surface area contributed by atoms with E-state index in [4.69, 9.17) is 11.6 Å². The van der Waals surface area contributed by atoms with Crippen molar-refractivity contribution in [2.24, 2.45) is 0 Å². The van der Waals surface area contributed by atoms with Crippen LogP contribution in [0.3, 0.4) is 0 Å². The minimum atomic E-state index is -3.48. The van der Waals surface area contributed by atoms with E-state index in [1.165, 1.54) is 12.1 Å². The van der Waals surface area contributed by atoms with Gasteiger partial charge in [-0.25, -0.2) is 13.1 Å². The van der Waals surface area contributed by atoms with Crippen LogP contribution in [0.4, 0.5) is 0 Å². The predicted molar refractivity (Wildman–Crippen MR) is 80.1 cm³/mol. The zero-order chi connectivity index (χ0) is 12.9. The summed E-state index contributed by atoms with van der Waals surface area (Å²) in [4.78, 5) is 0.169. The summed E-state index contributed by atoms with van der Waals surface area (Å²) in [6.07, 6.45) is 0. The molecule has 1 rings (SSSR count). The number of hydrogen-bond donors (Lipinski definition) is 2. The molecule has 1 aromatic rings. The molecule has 0 saturated carbocycles. The van der Waals surface area contributed by atoms with Gasteiger partial charge in [-0.1, -0.05) is 18.5 Å². The average Bonchev–Trinajstić information content (AvgIpc) is 2.28. The summed E-state index contributed by atoms with van der Waals surface area (Å²) in [5.74, 6) is 0. The van der Waals surface area contributed by atoms with Gasteiger partial charge in [-0.2, -0.15) is 0 Å². The van der Waals surface area contributed by atoms with Gasteiger partial charge in [-0.3, -0.25) is 0 Å². The molecule has 0 bridgehead atoms. The fourth-order valence-electron chi connectivity index (χ4n) is 1.18. The second kappa shape index (κ2) is 8.35. The Morgan fingerprint density at radius 2 is 2.00 bits per heavy atom. The maximum atomic E-state index is 11.8. The molecule has 0 aliphatic heterocycles. The highest BCUT2D eigenvalue weighted by molar-refractivity contribution is 9.10. The van der Waals surface area contributed by atoms with E-state index in [2.05, 4.69) is 26.0 Å². The number of benzene rings is 1. The zero-order valence-corrected chi connectivity index (χ0v) is 13.7. The van der Waals surface area contributed by atoms with Crippen molar-refractivity contribution in [3.05, 3.63) is 27.7 Å². The molecule has 8 heteroatoms. The van der Waals surface area contributed by atoms with Gasteiger partial charge in [0.15, 0.2) is 0 Å². The molecular formula is C10H15BrCl2N2O2S. The van der Waals surface area contributed by atoms with Crippen LogP contribution in [0, 0.1) is 0 Å². The largest absolute Gasteiger partial charge is 0.316 e. The van der Waals surface area contributed by atoms with E-state index in [9.17, 15) is 8.42 Å². The van der Waals surface area contributed by atoms with Gasteiger partial charge in [0.1, 0.15) is 0 Å². The van der Waals surface area contributed by atoms with Gasteiger partial charge >= 0.3 is 0 Å². The van der Waals surface area contributed by atoms with Crippen LogP contribution in [-0.4, -0.2) is 28.1 Å². The molecule has 0 aromatic heterocycles. The standard InChI is InChI=1S/C10H14BrClN2O2S.ClH/c1-2-13-5-6-14-17(15,16)8-3-4-9(11)10(12)7-8;/h3-4,7,13-14H,2,5-6H2,1H3;1H. The van der Waals surface area contributed by atoms with Crippen molar-refractivity contribution >= 4 is 50.0 Å². The van der Waals surface area contributed by atoms with Crippen molar-refractivity contribution in [1.82, 2.24) is 10.0 Å². The summed E-state index contributed by atoms with van der Waals surface area (Å²) in [7, 11) is -3.48. The first-order chi connectivity index (χ1) is 7.97. The van der Waals surface area contributed by atoms with Crippen molar-refractivity contribution in [3.8, 4) is 0 Å². The van der Waals surface area contributed by atoms with Crippen molar-refractivity contribution in [3.63, 3.8) is 0 Å². The molecule has 0 aliphatic carbocycles. The van der Waals surface area contributed by atoms with Gasteiger partial charge < -0.3 is 5.32 Å². The molecule has 0 unspecified atom stereocenters. The van der Waals surface area contributed by atoms with Crippen LogP contribution in [0.1, 0.15) is 6.92 Å². The topological polar surface area (TPSA) is 58.2 Å². The first-order valence-corrected chi connectivity index (χ1v) is 7.78. The highest BCUT2D eigenvalue weighted by Crippen LogP contribution is 2.25. The van der Waals surface area contributed by atoms with Gasteiger partial charge in [0.05, 0.1) is 9.92 Å². The van der Waals surface area contributed by atoms with E-state index < -0.39 is 10.0 Å². The Morgan fingerprint density at radius 1 is 1.33 bits per heavy atom. The zero-order valence-electron chi connectivity index (χ0n) is 9.74. The lowest BCUT2D eigenvalue weighted by molar-refractivity contribution is 0.577. The molecular weight excluding hydrogens is 363 g/mol. The molecule has 0 fully saturated rings. The maximum absolute atomic E-state index is 11.8. The lowest BCUT2D eigenvalue weighted by Gasteiger charge is -2.07. The number of halogens is 3. The van der Waals surface area contributed by atoms with Crippen molar-refractivity contribution in [2.75, 3.05) is 19.6 Å². The van der Waals surface area contributed by atoms with Gasteiger partial charge in [0.25, 0.3) is 0 Å². The van der Waals surface area contributed by atoms with Crippen LogP contribution in [0.25, 0.3) is 0 Å².